The van der Waals surface area contributed by atoms with Crippen molar-refractivity contribution < 1.29 is 0 Å². The summed E-state index contributed by atoms with van der Waals surface area (Å²) in [5.41, 5.74) is 0. The molecule has 0 heterocycles. The Kier molecular flexibility index (Phi) is 9.01. The van der Waals surface area contributed by atoms with Gasteiger partial charge in [-0.05, 0) is 18.6 Å². The third-order valence-corrected chi connectivity index (χ3v) is 2.89. The first-order valence-corrected chi connectivity index (χ1v) is 5.49. The van der Waals surface area contributed by atoms with Crippen molar-refractivity contribution in [2.45, 2.75) is 30.9 Å². The normalized spacial score (nSPS) is 13.5. The zero-order valence-corrected chi connectivity index (χ0v) is 8.84. The SMILES string of the molecule is SCCCCCC(S)CS. The van der Waals surface area contributed by atoms with Gasteiger partial charge in [0.2, 0.25) is 0 Å². The van der Waals surface area contributed by atoms with Crippen molar-refractivity contribution >= 4 is 37.9 Å². The van der Waals surface area contributed by atoms with E-state index in [1.165, 1.54) is 25.7 Å². The predicted octanol–water partition coefficient (Wildman–Crippen LogP) is 2.70. The van der Waals surface area contributed by atoms with Crippen molar-refractivity contribution in [2.75, 3.05) is 11.5 Å². The number of hydrogen-bond acceptors (Lipinski definition) is 3. The van der Waals surface area contributed by atoms with Crippen LogP contribution in [0.3, 0.4) is 0 Å². The Morgan fingerprint density at radius 1 is 1.00 bits per heavy atom. The first-order valence-electron chi connectivity index (χ1n) is 3.71. The van der Waals surface area contributed by atoms with E-state index in [-0.39, 0.29) is 0 Å². The molecule has 10 heavy (non-hydrogen) atoms. The summed E-state index contributed by atoms with van der Waals surface area (Å²) < 4.78 is 0. The highest BCUT2D eigenvalue weighted by molar-refractivity contribution is 7.84. The smallest absolute Gasteiger partial charge is 0.0105 e. The van der Waals surface area contributed by atoms with Gasteiger partial charge >= 0.3 is 0 Å². The summed E-state index contributed by atoms with van der Waals surface area (Å²) in [6.45, 7) is 0. The van der Waals surface area contributed by atoms with E-state index in [1.807, 2.05) is 0 Å². The van der Waals surface area contributed by atoms with E-state index in [2.05, 4.69) is 37.9 Å². The van der Waals surface area contributed by atoms with Crippen molar-refractivity contribution in [1.82, 2.24) is 0 Å². The average Bonchev–Trinajstić information content (AvgIpc) is 1.98. The van der Waals surface area contributed by atoms with E-state index in [1.54, 1.807) is 0 Å². The summed E-state index contributed by atoms with van der Waals surface area (Å²) in [5, 5.41) is 0.489. The first-order chi connectivity index (χ1) is 4.81. The van der Waals surface area contributed by atoms with Crippen LogP contribution in [0.15, 0.2) is 0 Å². The van der Waals surface area contributed by atoms with Crippen molar-refractivity contribution in [1.29, 1.82) is 0 Å². The molecular weight excluding hydrogens is 180 g/mol. The maximum absolute atomic E-state index is 4.34. The molecule has 0 amide bonds. The Bertz CT molecular complexity index is 65.9. The Morgan fingerprint density at radius 3 is 2.20 bits per heavy atom. The lowest BCUT2D eigenvalue weighted by atomic mass is 10.2. The molecule has 1 unspecified atom stereocenters. The molecule has 0 aromatic heterocycles. The van der Waals surface area contributed by atoms with Gasteiger partial charge in [-0.15, -0.1) is 0 Å². The van der Waals surface area contributed by atoms with E-state index in [0.29, 0.717) is 5.25 Å². The van der Waals surface area contributed by atoms with E-state index >= 15 is 0 Å². The molecule has 0 nitrogen and oxygen atoms in total. The fourth-order valence-electron chi connectivity index (χ4n) is 0.760. The summed E-state index contributed by atoms with van der Waals surface area (Å²) in [4.78, 5) is 0. The molecule has 0 saturated heterocycles. The second-order valence-corrected chi connectivity index (χ2v) is 3.95. The molecule has 0 rings (SSSR count). The van der Waals surface area contributed by atoms with Crippen molar-refractivity contribution in [3.8, 4) is 0 Å². The molecule has 0 radical (unpaired) electrons. The first kappa shape index (κ1) is 11.1. The fraction of sp³-hybridized carbons (Fsp3) is 1.00. The van der Waals surface area contributed by atoms with Crippen LogP contribution in [0.1, 0.15) is 25.7 Å². The number of unbranched alkanes of at least 4 members (excludes halogenated alkanes) is 2. The molecule has 0 spiro atoms. The Labute approximate surface area is 80.4 Å². The number of rotatable bonds is 6. The van der Waals surface area contributed by atoms with Crippen LogP contribution in [0.2, 0.25) is 0 Å². The lowest BCUT2D eigenvalue weighted by molar-refractivity contribution is 0.673. The molecule has 0 aromatic carbocycles. The summed E-state index contributed by atoms with van der Waals surface area (Å²) in [6, 6.07) is 0. The molecule has 0 aliphatic rings. The van der Waals surface area contributed by atoms with Gasteiger partial charge in [-0.3, -0.25) is 0 Å². The summed E-state index contributed by atoms with van der Waals surface area (Å²) in [7, 11) is 0. The topological polar surface area (TPSA) is 0 Å². The van der Waals surface area contributed by atoms with Gasteiger partial charge in [-0.1, -0.05) is 12.8 Å². The van der Waals surface area contributed by atoms with Crippen LogP contribution < -0.4 is 0 Å². The molecule has 1 atom stereocenters. The van der Waals surface area contributed by atoms with Crippen molar-refractivity contribution in [3.05, 3.63) is 0 Å². The fourth-order valence-corrected chi connectivity index (χ4v) is 1.35. The van der Waals surface area contributed by atoms with Crippen molar-refractivity contribution in [2.24, 2.45) is 0 Å². The molecule has 62 valence electrons. The third-order valence-electron chi connectivity index (χ3n) is 1.41. The molecule has 0 bridgehead atoms. The van der Waals surface area contributed by atoms with Gasteiger partial charge in [0.15, 0.2) is 0 Å². The van der Waals surface area contributed by atoms with Crippen LogP contribution in [0.25, 0.3) is 0 Å². The predicted molar refractivity (Wildman–Crippen MR) is 58.9 cm³/mol. The monoisotopic (exact) mass is 196 g/mol. The summed E-state index contributed by atoms with van der Waals surface area (Å²) >= 11 is 12.6. The molecule has 0 saturated carbocycles. The quantitative estimate of drug-likeness (QED) is 0.422. The van der Waals surface area contributed by atoms with E-state index in [9.17, 15) is 0 Å². The van der Waals surface area contributed by atoms with Crippen molar-refractivity contribution in [3.63, 3.8) is 0 Å². The highest BCUT2D eigenvalue weighted by Gasteiger charge is 1.98. The molecule has 0 N–H and O–H groups in total. The minimum absolute atomic E-state index is 0.489. The lowest BCUT2D eigenvalue weighted by Gasteiger charge is -2.04. The summed E-state index contributed by atoms with van der Waals surface area (Å²) in [6.07, 6.45) is 4.99. The Balaban J connectivity index is 2.89. The van der Waals surface area contributed by atoms with Crippen LogP contribution in [0.5, 0.6) is 0 Å². The summed E-state index contributed by atoms with van der Waals surface area (Å²) in [5.74, 6) is 1.90. The average molecular weight is 196 g/mol. The zero-order chi connectivity index (χ0) is 7.82. The van der Waals surface area contributed by atoms with Gasteiger partial charge in [0.05, 0.1) is 0 Å². The van der Waals surface area contributed by atoms with Crippen LogP contribution in [-0.2, 0) is 0 Å². The van der Waals surface area contributed by atoms with Crippen LogP contribution >= 0.6 is 37.9 Å². The van der Waals surface area contributed by atoms with Gasteiger partial charge in [0, 0.05) is 11.0 Å². The molecule has 0 fully saturated rings. The number of hydrogen-bond donors (Lipinski definition) is 3. The van der Waals surface area contributed by atoms with Crippen LogP contribution in [0.4, 0.5) is 0 Å². The Hall–Kier alpha value is 1.05. The highest BCUT2D eigenvalue weighted by Crippen LogP contribution is 2.09. The largest absolute Gasteiger partial charge is 0.179 e. The standard InChI is InChI=1S/C7H16S3/c8-5-3-1-2-4-7(10)6-9/h7-10H,1-6H2. The molecule has 0 aliphatic carbocycles. The zero-order valence-electron chi connectivity index (χ0n) is 6.16. The van der Waals surface area contributed by atoms with E-state index in [0.717, 1.165) is 11.5 Å². The number of thiol groups is 3. The second kappa shape index (κ2) is 8.15. The molecular formula is C7H16S3. The second-order valence-electron chi connectivity index (χ2n) is 2.41. The maximum Gasteiger partial charge on any atom is 0.0105 e. The third kappa shape index (κ3) is 7.16. The van der Waals surface area contributed by atoms with Gasteiger partial charge in [0.1, 0.15) is 0 Å². The lowest BCUT2D eigenvalue weighted by Crippen LogP contribution is -1.99. The minimum atomic E-state index is 0.489. The van der Waals surface area contributed by atoms with Gasteiger partial charge in [-0.2, -0.15) is 37.9 Å². The Morgan fingerprint density at radius 2 is 1.70 bits per heavy atom. The van der Waals surface area contributed by atoms with Crippen LogP contribution in [0, 0.1) is 0 Å². The highest BCUT2D eigenvalue weighted by atomic mass is 32.1. The minimum Gasteiger partial charge on any atom is -0.179 e. The molecule has 3 heteroatoms. The molecule has 0 aliphatic heterocycles. The van der Waals surface area contributed by atoms with Gasteiger partial charge in [0.25, 0.3) is 0 Å². The van der Waals surface area contributed by atoms with Gasteiger partial charge < -0.3 is 0 Å². The van der Waals surface area contributed by atoms with E-state index < -0.39 is 0 Å². The maximum atomic E-state index is 4.34. The molecule has 0 aromatic rings. The van der Waals surface area contributed by atoms with E-state index in [4.69, 9.17) is 0 Å². The van der Waals surface area contributed by atoms with Gasteiger partial charge in [-0.25, -0.2) is 0 Å². The van der Waals surface area contributed by atoms with Crippen LogP contribution in [-0.4, -0.2) is 16.8 Å².